The van der Waals surface area contributed by atoms with Crippen molar-refractivity contribution in [1.82, 2.24) is 4.90 Å². The fourth-order valence-corrected chi connectivity index (χ4v) is 3.76. The summed E-state index contributed by atoms with van der Waals surface area (Å²) in [4.78, 5) is 15.3. The lowest BCUT2D eigenvalue weighted by Gasteiger charge is -2.33. The molecule has 1 aromatic carbocycles. The van der Waals surface area contributed by atoms with Gasteiger partial charge in [0.2, 0.25) is 5.91 Å². The monoisotopic (exact) mass is 307 g/mol. The van der Waals surface area contributed by atoms with Gasteiger partial charge in [0.05, 0.1) is 12.9 Å². The van der Waals surface area contributed by atoms with Crippen LogP contribution in [0.25, 0.3) is 0 Å². The average molecular weight is 307 g/mol. The molecule has 21 heavy (non-hydrogen) atoms. The Balaban J connectivity index is 1.86. The second-order valence-electron chi connectivity index (χ2n) is 5.86. The minimum Gasteiger partial charge on any atom is -0.496 e. The molecule has 0 atom stereocenters. The Morgan fingerprint density at radius 1 is 1.29 bits per heavy atom. The van der Waals surface area contributed by atoms with Gasteiger partial charge in [-0.15, -0.1) is 11.8 Å². The molecule has 0 N–H and O–H groups in total. The maximum atomic E-state index is 12.4. The summed E-state index contributed by atoms with van der Waals surface area (Å²) in [6, 6.07) is 8.27. The highest BCUT2D eigenvalue weighted by Gasteiger charge is 2.24. The van der Waals surface area contributed by atoms with E-state index in [-0.39, 0.29) is 5.91 Å². The molecule has 116 valence electrons. The van der Waals surface area contributed by atoms with Crippen LogP contribution in [0.1, 0.15) is 32.6 Å². The number of carbonyl (C=O) groups excluding carboxylic acids is 1. The first-order valence-corrected chi connectivity index (χ1v) is 8.62. The summed E-state index contributed by atoms with van der Waals surface area (Å²) in [5, 5.41) is 0. The minimum absolute atomic E-state index is 0.213. The Hall–Kier alpha value is -1.16. The third kappa shape index (κ3) is 4.40. The number of nitrogens with zero attached hydrogens (tertiary/aromatic N) is 1. The molecule has 2 rings (SSSR count). The largest absolute Gasteiger partial charge is 0.496 e. The molecule has 1 amide bonds. The third-order valence-corrected chi connectivity index (χ3v) is 5.39. The van der Waals surface area contributed by atoms with Gasteiger partial charge in [0.25, 0.3) is 0 Å². The van der Waals surface area contributed by atoms with Gasteiger partial charge in [-0.2, -0.15) is 0 Å². The maximum absolute atomic E-state index is 12.4. The molecule has 1 saturated carbocycles. The third-order valence-electron chi connectivity index (χ3n) is 4.35. The highest BCUT2D eigenvalue weighted by molar-refractivity contribution is 8.00. The molecule has 1 aliphatic carbocycles. The lowest BCUT2D eigenvalue weighted by Crippen LogP contribution is -2.40. The fraction of sp³-hybridized carbons (Fsp3) is 0.588. The van der Waals surface area contributed by atoms with Crippen LogP contribution in [-0.4, -0.2) is 36.8 Å². The summed E-state index contributed by atoms with van der Waals surface area (Å²) in [6.07, 6.45) is 4.76. The van der Waals surface area contributed by atoms with Crippen molar-refractivity contribution in [1.29, 1.82) is 0 Å². The van der Waals surface area contributed by atoms with Gasteiger partial charge in [0, 0.05) is 18.0 Å². The second kappa shape index (κ2) is 7.74. The van der Waals surface area contributed by atoms with Crippen molar-refractivity contribution < 1.29 is 9.53 Å². The summed E-state index contributed by atoms with van der Waals surface area (Å²) < 4.78 is 5.32. The number of hydrogen-bond donors (Lipinski definition) is 0. The molecule has 4 heteroatoms. The van der Waals surface area contributed by atoms with Crippen molar-refractivity contribution in [3.8, 4) is 5.75 Å². The Morgan fingerprint density at radius 2 is 1.95 bits per heavy atom. The fourth-order valence-electron chi connectivity index (χ4n) is 2.81. The predicted octanol–water partition coefficient (Wildman–Crippen LogP) is 3.82. The van der Waals surface area contributed by atoms with Gasteiger partial charge in [0.15, 0.2) is 0 Å². The SMILES string of the molecule is COc1ccccc1SCC(=O)N(C)C1CCC(C)CC1. The summed E-state index contributed by atoms with van der Waals surface area (Å²) >= 11 is 1.56. The summed E-state index contributed by atoms with van der Waals surface area (Å²) in [5.41, 5.74) is 0. The number of carbonyl (C=O) groups is 1. The highest BCUT2D eigenvalue weighted by Crippen LogP contribution is 2.30. The molecule has 0 radical (unpaired) electrons. The Morgan fingerprint density at radius 3 is 2.62 bits per heavy atom. The number of benzene rings is 1. The molecular weight excluding hydrogens is 282 g/mol. The van der Waals surface area contributed by atoms with Crippen molar-refractivity contribution >= 4 is 17.7 Å². The van der Waals surface area contributed by atoms with Crippen LogP contribution in [0, 0.1) is 5.92 Å². The van der Waals surface area contributed by atoms with Crippen LogP contribution in [0.5, 0.6) is 5.75 Å². The predicted molar refractivity (Wildman–Crippen MR) is 87.9 cm³/mol. The van der Waals surface area contributed by atoms with Gasteiger partial charge >= 0.3 is 0 Å². The molecule has 1 fully saturated rings. The Kier molecular flexibility index (Phi) is 5.97. The van der Waals surface area contributed by atoms with E-state index < -0.39 is 0 Å². The minimum atomic E-state index is 0.213. The zero-order chi connectivity index (χ0) is 15.2. The van der Waals surface area contributed by atoms with Gasteiger partial charge in [-0.1, -0.05) is 19.1 Å². The van der Waals surface area contributed by atoms with E-state index in [4.69, 9.17) is 4.74 Å². The zero-order valence-electron chi connectivity index (χ0n) is 13.2. The zero-order valence-corrected chi connectivity index (χ0v) is 14.0. The van der Waals surface area contributed by atoms with E-state index in [1.165, 1.54) is 12.8 Å². The first kappa shape index (κ1) is 16.2. The molecule has 0 spiro atoms. The molecule has 0 heterocycles. The second-order valence-corrected chi connectivity index (χ2v) is 6.88. The highest BCUT2D eigenvalue weighted by atomic mass is 32.2. The van der Waals surface area contributed by atoms with Gasteiger partial charge < -0.3 is 9.64 Å². The van der Waals surface area contributed by atoms with Crippen molar-refractivity contribution in [3.05, 3.63) is 24.3 Å². The van der Waals surface area contributed by atoms with E-state index in [1.54, 1.807) is 18.9 Å². The van der Waals surface area contributed by atoms with Crippen LogP contribution in [0.15, 0.2) is 29.2 Å². The standard InChI is InChI=1S/C17H25NO2S/c1-13-8-10-14(11-9-13)18(2)17(19)12-21-16-7-5-4-6-15(16)20-3/h4-7,13-14H,8-12H2,1-3H3. The first-order chi connectivity index (χ1) is 10.1. The Bertz CT molecular complexity index is 470. The van der Waals surface area contributed by atoms with Crippen LogP contribution >= 0.6 is 11.8 Å². The van der Waals surface area contributed by atoms with E-state index in [1.807, 2.05) is 36.2 Å². The van der Waals surface area contributed by atoms with E-state index in [9.17, 15) is 4.79 Å². The van der Waals surface area contributed by atoms with Crippen molar-refractivity contribution in [2.24, 2.45) is 5.92 Å². The summed E-state index contributed by atoms with van der Waals surface area (Å²) in [6.45, 7) is 2.30. The molecule has 3 nitrogen and oxygen atoms in total. The lowest BCUT2D eigenvalue weighted by molar-refractivity contribution is -0.129. The molecule has 0 bridgehead atoms. The Labute approximate surface area is 132 Å². The normalized spacial score (nSPS) is 21.9. The van der Waals surface area contributed by atoms with Gasteiger partial charge in [-0.05, 0) is 43.7 Å². The molecule has 0 saturated heterocycles. The number of thioether (sulfide) groups is 1. The number of rotatable bonds is 5. The topological polar surface area (TPSA) is 29.5 Å². The maximum Gasteiger partial charge on any atom is 0.232 e. The first-order valence-electron chi connectivity index (χ1n) is 7.63. The molecular formula is C17H25NO2S. The van der Waals surface area contributed by atoms with Gasteiger partial charge in [0.1, 0.15) is 5.75 Å². The van der Waals surface area contributed by atoms with Crippen LogP contribution < -0.4 is 4.74 Å². The van der Waals surface area contributed by atoms with E-state index in [0.717, 1.165) is 29.4 Å². The number of amides is 1. The molecule has 0 aliphatic heterocycles. The molecule has 0 unspecified atom stereocenters. The van der Waals surface area contributed by atoms with Crippen LogP contribution in [0.4, 0.5) is 0 Å². The number of para-hydroxylation sites is 1. The smallest absolute Gasteiger partial charge is 0.232 e. The van der Waals surface area contributed by atoms with Crippen LogP contribution in [0.2, 0.25) is 0 Å². The summed E-state index contributed by atoms with van der Waals surface area (Å²) in [7, 11) is 3.61. The van der Waals surface area contributed by atoms with Crippen molar-refractivity contribution in [3.63, 3.8) is 0 Å². The number of ether oxygens (including phenoxy) is 1. The molecule has 0 aromatic heterocycles. The molecule has 1 aromatic rings. The average Bonchev–Trinajstić information content (AvgIpc) is 2.52. The van der Waals surface area contributed by atoms with Crippen molar-refractivity contribution in [2.45, 2.75) is 43.5 Å². The lowest BCUT2D eigenvalue weighted by atomic mass is 9.87. The van der Waals surface area contributed by atoms with Crippen molar-refractivity contribution in [2.75, 3.05) is 19.9 Å². The van der Waals surface area contributed by atoms with E-state index in [2.05, 4.69) is 6.92 Å². The number of methoxy groups -OCH3 is 1. The number of hydrogen-bond acceptors (Lipinski definition) is 3. The quantitative estimate of drug-likeness (QED) is 0.774. The van der Waals surface area contributed by atoms with Crippen LogP contribution in [-0.2, 0) is 4.79 Å². The molecule has 1 aliphatic rings. The van der Waals surface area contributed by atoms with Crippen LogP contribution in [0.3, 0.4) is 0 Å². The van der Waals surface area contributed by atoms with E-state index >= 15 is 0 Å². The summed E-state index contributed by atoms with van der Waals surface area (Å²) in [5.74, 6) is 2.34. The van der Waals surface area contributed by atoms with E-state index in [0.29, 0.717) is 11.8 Å². The van der Waals surface area contributed by atoms with Gasteiger partial charge in [-0.3, -0.25) is 4.79 Å². The van der Waals surface area contributed by atoms with Gasteiger partial charge in [-0.25, -0.2) is 0 Å².